The van der Waals surface area contributed by atoms with Crippen molar-refractivity contribution < 1.29 is 9.13 Å². The van der Waals surface area contributed by atoms with E-state index in [0.29, 0.717) is 12.4 Å². The van der Waals surface area contributed by atoms with Crippen LogP contribution < -0.4 is 10.1 Å². The van der Waals surface area contributed by atoms with Crippen molar-refractivity contribution in [2.45, 2.75) is 33.0 Å². The highest BCUT2D eigenvalue weighted by Gasteiger charge is 2.15. The van der Waals surface area contributed by atoms with Gasteiger partial charge in [0.1, 0.15) is 18.2 Å². The molecule has 0 radical (unpaired) electrons. The van der Waals surface area contributed by atoms with Crippen molar-refractivity contribution in [1.29, 1.82) is 0 Å². The largest absolute Gasteiger partial charge is 0.488 e. The number of nitrogens with zero attached hydrogens (tertiary/aromatic N) is 1. The smallest absolute Gasteiger partial charge is 0.132 e. The van der Waals surface area contributed by atoms with Gasteiger partial charge in [-0.15, -0.1) is 0 Å². The van der Waals surface area contributed by atoms with Crippen molar-refractivity contribution in [1.82, 2.24) is 9.88 Å². The summed E-state index contributed by atoms with van der Waals surface area (Å²) >= 11 is 0. The molecule has 0 bridgehead atoms. The average molecular weight is 403 g/mol. The Morgan fingerprint density at radius 3 is 2.33 bits per heavy atom. The van der Waals surface area contributed by atoms with Crippen LogP contribution in [0.2, 0.25) is 0 Å². The Labute approximate surface area is 177 Å². The van der Waals surface area contributed by atoms with Crippen LogP contribution in [0.3, 0.4) is 0 Å². The zero-order chi connectivity index (χ0) is 20.8. The Balaban J connectivity index is 1.54. The summed E-state index contributed by atoms with van der Waals surface area (Å²) in [5.41, 5.74) is 4.40. The van der Waals surface area contributed by atoms with Gasteiger partial charge in [-0.2, -0.15) is 0 Å². The molecule has 0 aliphatic rings. The molecule has 4 heteroatoms. The first-order valence-corrected chi connectivity index (χ1v) is 10.5. The standard InChI is InChI=1S/C26H27FN2O/c1-2-29-18-22(13-14-28-17-20-9-5-3-6-10-20)26-24(29)15-23(27)16-25(26)30-19-21-11-7-4-8-12-21/h3-12,15-16,18,28H,2,13-14,17,19H2,1H3. The quantitative estimate of drug-likeness (QED) is 0.363. The van der Waals surface area contributed by atoms with Crippen molar-refractivity contribution in [2.24, 2.45) is 0 Å². The van der Waals surface area contributed by atoms with Crippen LogP contribution in [0.5, 0.6) is 5.75 Å². The fourth-order valence-corrected chi connectivity index (χ4v) is 3.79. The molecule has 0 saturated heterocycles. The molecule has 3 aromatic carbocycles. The maximum absolute atomic E-state index is 14.3. The minimum Gasteiger partial charge on any atom is -0.488 e. The lowest BCUT2D eigenvalue weighted by molar-refractivity contribution is 0.308. The van der Waals surface area contributed by atoms with Crippen molar-refractivity contribution in [3.8, 4) is 5.75 Å². The monoisotopic (exact) mass is 402 g/mol. The third-order valence-corrected chi connectivity index (χ3v) is 5.31. The number of ether oxygens (including phenoxy) is 1. The minimum absolute atomic E-state index is 0.271. The lowest BCUT2D eigenvalue weighted by Gasteiger charge is -2.11. The predicted molar refractivity (Wildman–Crippen MR) is 120 cm³/mol. The minimum atomic E-state index is -0.271. The van der Waals surface area contributed by atoms with Gasteiger partial charge >= 0.3 is 0 Å². The van der Waals surface area contributed by atoms with Crippen LogP contribution >= 0.6 is 0 Å². The number of rotatable bonds is 9. The van der Waals surface area contributed by atoms with Crippen LogP contribution in [0.15, 0.2) is 79.0 Å². The predicted octanol–water partition coefficient (Wildman–Crippen LogP) is 5.71. The van der Waals surface area contributed by atoms with Gasteiger partial charge in [0.2, 0.25) is 0 Å². The molecule has 0 unspecified atom stereocenters. The van der Waals surface area contributed by atoms with E-state index in [1.807, 2.05) is 36.4 Å². The van der Waals surface area contributed by atoms with Gasteiger partial charge in [-0.3, -0.25) is 0 Å². The molecule has 30 heavy (non-hydrogen) atoms. The molecule has 0 aliphatic heterocycles. The van der Waals surface area contributed by atoms with Crippen LogP contribution in [0.4, 0.5) is 4.39 Å². The lowest BCUT2D eigenvalue weighted by Crippen LogP contribution is -2.16. The van der Waals surface area contributed by atoms with Gasteiger partial charge in [0, 0.05) is 30.7 Å². The van der Waals surface area contributed by atoms with Gasteiger partial charge in [-0.1, -0.05) is 60.7 Å². The van der Waals surface area contributed by atoms with E-state index in [1.165, 1.54) is 17.2 Å². The summed E-state index contributed by atoms with van der Waals surface area (Å²) < 4.78 is 22.5. The maximum Gasteiger partial charge on any atom is 0.132 e. The van der Waals surface area contributed by atoms with E-state index in [9.17, 15) is 4.39 Å². The fourth-order valence-electron chi connectivity index (χ4n) is 3.79. The number of fused-ring (bicyclic) bond motifs is 1. The highest BCUT2D eigenvalue weighted by molar-refractivity contribution is 5.90. The van der Waals surface area contributed by atoms with E-state index < -0.39 is 0 Å². The first-order valence-electron chi connectivity index (χ1n) is 10.5. The molecule has 1 aromatic heterocycles. The topological polar surface area (TPSA) is 26.2 Å². The molecule has 1 heterocycles. The summed E-state index contributed by atoms with van der Waals surface area (Å²) in [5, 5.41) is 4.52. The molecule has 4 aromatic rings. The highest BCUT2D eigenvalue weighted by atomic mass is 19.1. The van der Waals surface area contributed by atoms with Crippen molar-refractivity contribution in [3.05, 3.63) is 102 Å². The Morgan fingerprint density at radius 2 is 1.63 bits per heavy atom. The molecule has 1 N–H and O–H groups in total. The van der Waals surface area contributed by atoms with Crippen molar-refractivity contribution in [3.63, 3.8) is 0 Å². The van der Waals surface area contributed by atoms with Crippen LogP contribution in [0.25, 0.3) is 10.9 Å². The maximum atomic E-state index is 14.3. The van der Waals surface area contributed by atoms with Gasteiger partial charge < -0.3 is 14.6 Å². The summed E-state index contributed by atoms with van der Waals surface area (Å²) in [6.45, 7) is 4.96. The summed E-state index contributed by atoms with van der Waals surface area (Å²) in [5.74, 6) is 0.339. The van der Waals surface area contributed by atoms with Gasteiger partial charge in [0.05, 0.1) is 5.52 Å². The second-order valence-corrected chi connectivity index (χ2v) is 7.43. The molecule has 0 fully saturated rings. The second-order valence-electron chi connectivity index (χ2n) is 7.43. The van der Waals surface area contributed by atoms with E-state index >= 15 is 0 Å². The Kier molecular flexibility index (Phi) is 6.45. The number of benzene rings is 3. The van der Waals surface area contributed by atoms with Crippen LogP contribution in [-0.4, -0.2) is 11.1 Å². The average Bonchev–Trinajstić information content (AvgIpc) is 3.14. The normalized spacial score (nSPS) is 11.1. The lowest BCUT2D eigenvalue weighted by atomic mass is 10.1. The first kappa shape index (κ1) is 20.2. The Bertz CT molecular complexity index is 1090. The molecule has 0 atom stereocenters. The third-order valence-electron chi connectivity index (χ3n) is 5.31. The molecule has 154 valence electrons. The summed E-state index contributed by atoms with van der Waals surface area (Å²) in [4.78, 5) is 0. The van der Waals surface area contributed by atoms with Crippen LogP contribution in [-0.2, 0) is 26.1 Å². The van der Waals surface area contributed by atoms with Crippen LogP contribution in [0.1, 0.15) is 23.6 Å². The second kappa shape index (κ2) is 9.59. The molecule has 0 amide bonds. The van der Waals surface area contributed by atoms with Crippen molar-refractivity contribution in [2.75, 3.05) is 6.54 Å². The molecular formula is C26H27FN2O. The molecular weight excluding hydrogens is 375 g/mol. The number of hydrogen-bond acceptors (Lipinski definition) is 2. The number of hydrogen-bond donors (Lipinski definition) is 1. The van der Waals surface area contributed by atoms with E-state index in [1.54, 1.807) is 6.07 Å². The Hall–Kier alpha value is -3.11. The fraction of sp³-hybridized carbons (Fsp3) is 0.231. The Morgan fingerprint density at radius 1 is 0.933 bits per heavy atom. The number of halogens is 1. The summed E-state index contributed by atoms with van der Waals surface area (Å²) in [6, 6.07) is 23.5. The number of aromatic nitrogens is 1. The van der Waals surface area contributed by atoms with Crippen molar-refractivity contribution >= 4 is 10.9 Å². The molecule has 0 saturated carbocycles. The van der Waals surface area contributed by atoms with E-state index in [-0.39, 0.29) is 5.82 Å². The molecule has 4 rings (SSSR count). The van der Waals surface area contributed by atoms with Crippen LogP contribution in [0, 0.1) is 5.82 Å². The highest BCUT2D eigenvalue weighted by Crippen LogP contribution is 2.33. The zero-order valence-electron chi connectivity index (χ0n) is 17.3. The third kappa shape index (κ3) is 4.71. The number of nitrogens with one attached hydrogen (secondary N) is 1. The van der Waals surface area contributed by atoms with E-state index in [0.717, 1.165) is 42.5 Å². The van der Waals surface area contributed by atoms with E-state index in [2.05, 4.69) is 47.3 Å². The SMILES string of the molecule is CCn1cc(CCNCc2ccccc2)c2c(OCc3ccccc3)cc(F)cc21. The molecule has 3 nitrogen and oxygen atoms in total. The van der Waals surface area contributed by atoms with Gasteiger partial charge in [0.15, 0.2) is 0 Å². The first-order chi connectivity index (χ1) is 14.7. The van der Waals surface area contributed by atoms with Gasteiger partial charge in [0.25, 0.3) is 0 Å². The van der Waals surface area contributed by atoms with E-state index in [4.69, 9.17) is 4.74 Å². The summed E-state index contributed by atoms with van der Waals surface area (Å²) in [6.07, 6.45) is 2.98. The molecule has 0 aliphatic carbocycles. The van der Waals surface area contributed by atoms with Gasteiger partial charge in [-0.25, -0.2) is 4.39 Å². The molecule has 0 spiro atoms. The summed E-state index contributed by atoms with van der Waals surface area (Å²) in [7, 11) is 0. The zero-order valence-corrected chi connectivity index (χ0v) is 17.3. The number of aryl methyl sites for hydroxylation is 1. The van der Waals surface area contributed by atoms with Gasteiger partial charge in [-0.05, 0) is 42.6 Å².